The minimum absolute atomic E-state index is 0.0424. The van der Waals surface area contributed by atoms with E-state index >= 15 is 0 Å². The smallest absolute Gasteiger partial charge is 0.227 e. The van der Waals surface area contributed by atoms with Crippen molar-refractivity contribution in [3.05, 3.63) is 35.4 Å². The van der Waals surface area contributed by atoms with E-state index in [-0.39, 0.29) is 11.8 Å². The van der Waals surface area contributed by atoms with Crippen molar-refractivity contribution in [3.8, 4) is 0 Å². The molecule has 1 atom stereocenters. The van der Waals surface area contributed by atoms with Crippen molar-refractivity contribution in [2.75, 3.05) is 19.8 Å². The summed E-state index contributed by atoms with van der Waals surface area (Å²) in [5.41, 5.74) is 1.45. The number of amides is 1. The van der Waals surface area contributed by atoms with E-state index in [0.717, 1.165) is 12.0 Å². The number of carbonyl (C=O) groups is 1. The first-order chi connectivity index (χ1) is 10.0. The molecule has 0 bridgehead atoms. The van der Waals surface area contributed by atoms with E-state index in [1.165, 1.54) is 5.56 Å². The van der Waals surface area contributed by atoms with Gasteiger partial charge >= 0.3 is 0 Å². The maximum Gasteiger partial charge on any atom is 0.227 e. The van der Waals surface area contributed by atoms with Crippen LogP contribution in [0.2, 0.25) is 0 Å². The minimum atomic E-state index is -0.820. The van der Waals surface area contributed by atoms with Gasteiger partial charge in [0.1, 0.15) is 0 Å². The summed E-state index contributed by atoms with van der Waals surface area (Å²) in [6.45, 7) is 5.41. The van der Waals surface area contributed by atoms with Crippen LogP contribution in [0.25, 0.3) is 0 Å². The van der Waals surface area contributed by atoms with Crippen molar-refractivity contribution in [2.45, 2.75) is 44.6 Å². The van der Waals surface area contributed by atoms with Gasteiger partial charge in [0.15, 0.2) is 0 Å². The Bertz CT molecular complexity index is 463. The molecule has 1 aliphatic rings. The molecule has 2 rings (SSSR count). The molecule has 1 aromatic carbocycles. The summed E-state index contributed by atoms with van der Waals surface area (Å²) in [4.78, 5) is 12.2. The zero-order valence-electron chi connectivity index (χ0n) is 12.9. The minimum Gasteiger partial charge on any atom is -0.388 e. The van der Waals surface area contributed by atoms with Gasteiger partial charge in [0, 0.05) is 32.6 Å². The van der Waals surface area contributed by atoms with Crippen LogP contribution in [0.5, 0.6) is 0 Å². The van der Waals surface area contributed by atoms with Gasteiger partial charge in [-0.15, -0.1) is 0 Å². The highest BCUT2D eigenvalue weighted by Gasteiger charge is 2.30. The number of hydrogen-bond donors (Lipinski definition) is 2. The van der Waals surface area contributed by atoms with E-state index in [9.17, 15) is 9.90 Å². The molecule has 1 unspecified atom stereocenters. The van der Waals surface area contributed by atoms with Gasteiger partial charge in [0.25, 0.3) is 0 Å². The Labute approximate surface area is 126 Å². The van der Waals surface area contributed by atoms with E-state index in [2.05, 4.69) is 24.4 Å². The number of rotatable bonds is 5. The quantitative estimate of drug-likeness (QED) is 0.872. The number of aliphatic hydroxyl groups is 1. The second-order valence-corrected chi connectivity index (χ2v) is 5.87. The summed E-state index contributed by atoms with van der Waals surface area (Å²) in [6.07, 6.45) is 2.15. The van der Waals surface area contributed by atoms with Gasteiger partial charge in [-0.2, -0.15) is 0 Å². The number of ether oxygens (including phenoxy) is 1. The maximum absolute atomic E-state index is 12.2. The van der Waals surface area contributed by atoms with E-state index < -0.39 is 5.60 Å². The fourth-order valence-electron chi connectivity index (χ4n) is 2.53. The largest absolute Gasteiger partial charge is 0.388 e. The Hall–Kier alpha value is -1.39. The lowest BCUT2D eigenvalue weighted by atomic mass is 9.93. The van der Waals surface area contributed by atoms with Crippen LogP contribution in [0.3, 0.4) is 0 Å². The molecule has 0 aromatic heterocycles. The molecule has 0 aliphatic carbocycles. The predicted molar refractivity (Wildman–Crippen MR) is 82.2 cm³/mol. The highest BCUT2D eigenvalue weighted by atomic mass is 16.5. The molecule has 1 heterocycles. The first-order valence-corrected chi connectivity index (χ1v) is 7.71. The third kappa shape index (κ3) is 4.29. The SMILES string of the molecule is CCc1ccc(C(C)C(=O)NCC2(O)CCOCC2)cc1. The lowest BCUT2D eigenvalue weighted by Gasteiger charge is -2.32. The van der Waals surface area contributed by atoms with Crippen molar-refractivity contribution in [3.63, 3.8) is 0 Å². The van der Waals surface area contributed by atoms with Crippen molar-refractivity contribution in [1.82, 2.24) is 5.32 Å². The Morgan fingerprint density at radius 2 is 1.95 bits per heavy atom. The summed E-state index contributed by atoms with van der Waals surface area (Å²) >= 11 is 0. The molecular formula is C17H25NO3. The van der Waals surface area contributed by atoms with Gasteiger partial charge in [0.2, 0.25) is 5.91 Å². The molecule has 1 saturated heterocycles. The van der Waals surface area contributed by atoms with Crippen LogP contribution >= 0.6 is 0 Å². The molecule has 1 aromatic rings. The van der Waals surface area contributed by atoms with E-state index in [4.69, 9.17) is 4.74 Å². The van der Waals surface area contributed by atoms with Crippen molar-refractivity contribution >= 4 is 5.91 Å². The van der Waals surface area contributed by atoms with Crippen LogP contribution < -0.4 is 5.32 Å². The lowest BCUT2D eigenvalue weighted by molar-refractivity contribution is -0.125. The van der Waals surface area contributed by atoms with E-state index in [0.29, 0.717) is 32.6 Å². The second-order valence-electron chi connectivity index (χ2n) is 5.87. The van der Waals surface area contributed by atoms with Gasteiger partial charge in [-0.25, -0.2) is 0 Å². The number of carbonyl (C=O) groups excluding carboxylic acids is 1. The summed E-state index contributed by atoms with van der Waals surface area (Å²) in [6, 6.07) is 8.13. The van der Waals surface area contributed by atoms with Gasteiger partial charge in [-0.3, -0.25) is 4.79 Å². The van der Waals surface area contributed by atoms with Crippen LogP contribution in [0.4, 0.5) is 0 Å². The Kier molecular flexibility index (Phi) is 5.37. The molecule has 2 N–H and O–H groups in total. The second kappa shape index (κ2) is 7.05. The third-order valence-electron chi connectivity index (χ3n) is 4.30. The Morgan fingerprint density at radius 3 is 2.52 bits per heavy atom. The van der Waals surface area contributed by atoms with Crippen LogP contribution in [0.15, 0.2) is 24.3 Å². The van der Waals surface area contributed by atoms with E-state index in [1.807, 2.05) is 19.1 Å². The molecule has 0 saturated carbocycles. The monoisotopic (exact) mass is 291 g/mol. The van der Waals surface area contributed by atoms with Gasteiger partial charge in [-0.1, -0.05) is 31.2 Å². The molecule has 0 radical (unpaired) electrons. The topological polar surface area (TPSA) is 58.6 Å². The van der Waals surface area contributed by atoms with Crippen LogP contribution in [-0.2, 0) is 16.0 Å². The highest BCUT2D eigenvalue weighted by molar-refractivity contribution is 5.83. The average molecular weight is 291 g/mol. The van der Waals surface area contributed by atoms with Crippen LogP contribution in [0, 0.1) is 0 Å². The molecule has 4 heteroatoms. The Morgan fingerprint density at radius 1 is 1.33 bits per heavy atom. The van der Waals surface area contributed by atoms with Crippen molar-refractivity contribution in [1.29, 1.82) is 0 Å². The summed E-state index contributed by atoms with van der Waals surface area (Å²) < 4.78 is 5.24. The molecule has 21 heavy (non-hydrogen) atoms. The third-order valence-corrected chi connectivity index (χ3v) is 4.30. The molecule has 1 amide bonds. The van der Waals surface area contributed by atoms with Crippen molar-refractivity contribution in [2.24, 2.45) is 0 Å². The molecule has 4 nitrogen and oxygen atoms in total. The number of benzene rings is 1. The molecule has 1 aliphatic heterocycles. The summed E-state index contributed by atoms with van der Waals surface area (Å²) in [7, 11) is 0. The van der Waals surface area contributed by atoms with Crippen LogP contribution in [0.1, 0.15) is 43.7 Å². The van der Waals surface area contributed by atoms with Crippen molar-refractivity contribution < 1.29 is 14.6 Å². The molecule has 1 fully saturated rings. The normalized spacial score (nSPS) is 19.0. The lowest BCUT2D eigenvalue weighted by Crippen LogP contribution is -2.47. The summed E-state index contributed by atoms with van der Waals surface area (Å²) in [5, 5.41) is 13.2. The molecule has 116 valence electrons. The molecular weight excluding hydrogens is 266 g/mol. The first-order valence-electron chi connectivity index (χ1n) is 7.71. The zero-order chi connectivity index (χ0) is 15.3. The predicted octanol–water partition coefficient (Wildman–Crippen LogP) is 2.01. The number of hydrogen-bond acceptors (Lipinski definition) is 3. The standard InChI is InChI=1S/C17H25NO3/c1-3-14-4-6-15(7-5-14)13(2)16(19)18-12-17(20)8-10-21-11-9-17/h4-7,13,20H,3,8-12H2,1-2H3,(H,18,19). The zero-order valence-corrected chi connectivity index (χ0v) is 12.9. The first kappa shape index (κ1) is 16.0. The highest BCUT2D eigenvalue weighted by Crippen LogP contribution is 2.21. The van der Waals surface area contributed by atoms with Gasteiger partial charge < -0.3 is 15.2 Å². The fourth-order valence-corrected chi connectivity index (χ4v) is 2.53. The average Bonchev–Trinajstić information content (AvgIpc) is 2.53. The Balaban J connectivity index is 1.89. The van der Waals surface area contributed by atoms with Gasteiger partial charge in [-0.05, 0) is 24.5 Å². The van der Waals surface area contributed by atoms with Crippen LogP contribution in [-0.4, -0.2) is 36.4 Å². The van der Waals surface area contributed by atoms with E-state index in [1.54, 1.807) is 0 Å². The molecule has 0 spiro atoms. The summed E-state index contributed by atoms with van der Waals surface area (Å²) in [5.74, 6) is -0.251. The fraction of sp³-hybridized carbons (Fsp3) is 0.588. The van der Waals surface area contributed by atoms with Gasteiger partial charge in [0.05, 0.1) is 11.5 Å². The number of nitrogens with one attached hydrogen (secondary N) is 1. The number of aryl methyl sites for hydroxylation is 1. The maximum atomic E-state index is 12.2.